The topological polar surface area (TPSA) is 66.5 Å². The maximum atomic E-state index is 13.7. The van der Waals surface area contributed by atoms with Gasteiger partial charge in [-0.1, -0.05) is 19.4 Å². The molecule has 0 radical (unpaired) electrons. The number of unbranched alkanes of at least 4 members (excludes halogenated alkanes) is 1. The highest BCUT2D eigenvalue weighted by Crippen LogP contribution is 2.21. The first-order valence-corrected chi connectivity index (χ1v) is 9.56. The summed E-state index contributed by atoms with van der Waals surface area (Å²) in [7, 11) is -2.49. The molecule has 0 aliphatic heterocycles. The molecule has 2 rings (SSSR count). The van der Waals surface area contributed by atoms with E-state index in [9.17, 15) is 22.0 Å². The lowest BCUT2D eigenvalue weighted by molar-refractivity contribution is 0.0793. The summed E-state index contributed by atoms with van der Waals surface area (Å²) < 4.78 is 53.6. The SMILES string of the molecule is CCCCN(C)C(=O)c1cccc(S(=O)(=O)Nc2ccc(F)cc2F)c1. The predicted octanol–water partition coefficient (Wildman–Crippen LogP) is 3.64. The Morgan fingerprint density at radius 1 is 1.15 bits per heavy atom. The third kappa shape index (κ3) is 4.78. The van der Waals surface area contributed by atoms with E-state index in [2.05, 4.69) is 4.72 Å². The molecule has 0 saturated heterocycles. The van der Waals surface area contributed by atoms with Crippen LogP contribution in [0.25, 0.3) is 0 Å². The van der Waals surface area contributed by atoms with Gasteiger partial charge in [-0.25, -0.2) is 17.2 Å². The van der Waals surface area contributed by atoms with E-state index in [4.69, 9.17) is 0 Å². The molecule has 0 heterocycles. The minimum Gasteiger partial charge on any atom is -0.342 e. The highest BCUT2D eigenvalue weighted by Gasteiger charge is 2.19. The summed E-state index contributed by atoms with van der Waals surface area (Å²) >= 11 is 0. The Morgan fingerprint density at radius 3 is 2.54 bits per heavy atom. The van der Waals surface area contributed by atoms with Gasteiger partial charge >= 0.3 is 0 Å². The van der Waals surface area contributed by atoms with Gasteiger partial charge in [0.1, 0.15) is 11.6 Å². The Bertz CT molecular complexity index is 901. The quantitative estimate of drug-likeness (QED) is 0.795. The first-order chi connectivity index (χ1) is 12.2. The molecule has 0 aliphatic carbocycles. The number of carbonyl (C=O) groups excluding carboxylic acids is 1. The molecule has 2 aromatic carbocycles. The van der Waals surface area contributed by atoms with Crippen LogP contribution in [0.4, 0.5) is 14.5 Å². The number of amides is 1. The third-order valence-corrected chi connectivity index (χ3v) is 5.12. The summed E-state index contributed by atoms with van der Waals surface area (Å²) in [6.45, 7) is 2.57. The van der Waals surface area contributed by atoms with Crippen molar-refractivity contribution in [2.75, 3.05) is 18.3 Å². The Morgan fingerprint density at radius 2 is 1.88 bits per heavy atom. The van der Waals surface area contributed by atoms with Crippen LogP contribution >= 0.6 is 0 Å². The van der Waals surface area contributed by atoms with Gasteiger partial charge in [-0.05, 0) is 36.8 Å². The van der Waals surface area contributed by atoms with E-state index in [1.54, 1.807) is 7.05 Å². The number of benzene rings is 2. The van der Waals surface area contributed by atoms with Crippen LogP contribution in [0, 0.1) is 11.6 Å². The number of sulfonamides is 1. The van der Waals surface area contributed by atoms with Crippen molar-refractivity contribution in [3.05, 3.63) is 59.7 Å². The van der Waals surface area contributed by atoms with Gasteiger partial charge in [0.25, 0.3) is 15.9 Å². The van der Waals surface area contributed by atoms with E-state index in [0.717, 1.165) is 25.0 Å². The zero-order chi connectivity index (χ0) is 19.3. The van der Waals surface area contributed by atoms with Crippen LogP contribution in [0.3, 0.4) is 0 Å². The summed E-state index contributed by atoms with van der Waals surface area (Å²) in [6, 6.07) is 8.01. The highest BCUT2D eigenvalue weighted by atomic mass is 32.2. The first-order valence-electron chi connectivity index (χ1n) is 8.08. The second-order valence-corrected chi connectivity index (χ2v) is 7.52. The van der Waals surface area contributed by atoms with Gasteiger partial charge < -0.3 is 4.90 Å². The maximum absolute atomic E-state index is 13.7. The number of nitrogens with one attached hydrogen (secondary N) is 1. The van der Waals surface area contributed by atoms with Gasteiger partial charge in [0.05, 0.1) is 10.6 Å². The molecule has 0 bridgehead atoms. The van der Waals surface area contributed by atoms with E-state index in [0.29, 0.717) is 12.6 Å². The van der Waals surface area contributed by atoms with E-state index >= 15 is 0 Å². The average Bonchev–Trinajstić information content (AvgIpc) is 2.61. The van der Waals surface area contributed by atoms with Crippen LogP contribution in [0.2, 0.25) is 0 Å². The van der Waals surface area contributed by atoms with Crippen LogP contribution in [0.1, 0.15) is 30.1 Å². The first kappa shape index (κ1) is 19.8. The van der Waals surface area contributed by atoms with Crippen molar-refractivity contribution in [1.82, 2.24) is 4.90 Å². The molecule has 8 heteroatoms. The lowest BCUT2D eigenvalue weighted by Gasteiger charge is -2.17. The standard InChI is InChI=1S/C18H20F2N2O3S/c1-3-4-10-22(2)18(23)13-6-5-7-15(11-13)26(24,25)21-17-9-8-14(19)12-16(17)20/h5-9,11-12,21H,3-4,10H2,1-2H3. The zero-order valence-corrected chi connectivity index (χ0v) is 15.3. The summed E-state index contributed by atoms with van der Waals surface area (Å²) in [4.78, 5) is 13.7. The number of hydrogen-bond donors (Lipinski definition) is 1. The Labute approximate surface area is 151 Å². The number of nitrogens with zero attached hydrogens (tertiary/aromatic N) is 1. The van der Waals surface area contributed by atoms with Crippen molar-refractivity contribution in [1.29, 1.82) is 0 Å². The van der Waals surface area contributed by atoms with Gasteiger partial charge in [0.15, 0.2) is 0 Å². The summed E-state index contributed by atoms with van der Waals surface area (Å²) in [5.74, 6) is -2.14. The second-order valence-electron chi connectivity index (χ2n) is 5.84. The number of rotatable bonds is 7. The number of carbonyl (C=O) groups is 1. The molecule has 5 nitrogen and oxygen atoms in total. The van der Waals surface area contributed by atoms with Crippen LogP contribution in [0.15, 0.2) is 47.4 Å². The molecule has 140 valence electrons. The predicted molar refractivity (Wildman–Crippen MR) is 95.5 cm³/mol. The van der Waals surface area contributed by atoms with Crippen molar-refractivity contribution in [3.63, 3.8) is 0 Å². The zero-order valence-electron chi connectivity index (χ0n) is 14.5. The van der Waals surface area contributed by atoms with Crippen LogP contribution in [-0.2, 0) is 10.0 Å². The van der Waals surface area contributed by atoms with Crippen LogP contribution < -0.4 is 4.72 Å². The monoisotopic (exact) mass is 382 g/mol. The maximum Gasteiger partial charge on any atom is 0.262 e. The molecule has 0 fully saturated rings. The fourth-order valence-electron chi connectivity index (χ4n) is 2.29. The van der Waals surface area contributed by atoms with E-state index in [-0.39, 0.29) is 22.1 Å². The van der Waals surface area contributed by atoms with E-state index in [1.807, 2.05) is 6.92 Å². The lowest BCUT2D eigenvalue weighted by atomic mass is 10.2. The normalized spacial score (nSPS) is 11.2. The van der Waals surface area contributed by atoms with Gasteiger partial charge in [0.2, 0.25) is 0 Å². The summed E-state index contributed by atoms with van der Waals surface area (Å²) in [6.07, 6.45) is 1.77. The summed E-state index contributed by atoms with van der Waals surface area (Å²) in [5, 5.41) is 0. The van der Waals surface area contributed by atoms with Crippen LogP contribution in [0.5, 0.6) is 0 Å². The number of hydrogen-bond acceptors (Lipinski definition) is 3. The number of anilines is 1. The number of halogens is 2. The molecular weight excluding hydrogens is 362 g/mol. The highest BCUT2D eigenvalue weighted by molar-refractivity contribution is 7.92. The van der Waals surface area contributed by atoms with Gasteiger partial charge in [0, 0.05) is 25.2 Å². The van der Waals surface area contributed by atoms with Crippen molar-refractivity contribution >= 4 is 21.6 Å². The minimum atomic E-state index is -4.13. The minimum absolute atomic E-state index is 0.184. The van der Waals surface area contributed by atoms with Crippen LogP contribution in [-0.4, -0.2) is 32.8 Å². The Kier molecular flexibility index (Phi) is 6.31. The molecule has 0 spiro atoms. The molecule has 26 heavy (non-hydrogen) atoms. The lowest BCUT2D eigenvalue weighted by Crippen LogP contribution is -2.28. The Balaban J connectivity index is 2.26. The fraction of sp³-hybridized carbons (Fsp3) is 0.278. The molecule has 0 unspecified atom stereocenters. The largest absolute Gasteiger partial charge is 0.342 e. The van der Waals surface area contributed by atoms with Crippen molar-refractivity contribution in [2.45, 2.75) is 24.7 Å². The van der Waals surface area contributed by atoms with Crippen molar-refractivity contribution in [3.8, 4) is 0 Å². The second kappa shape index (κ2) is 8.27. The van der Waals surface area contributed by atoms with Gasteiger partial charge in [-0.15, -0.1) is 0 Å². The fourth-order valence-corrected chi connectivity index (χ4v) is 3.40. The van der Waals surface area contributed by atoms with Crippen molar-refractivity contribution < 1.29 is 22.0 Å². The molecule has 0 saturated carbocycles. The molecule has 1 amide bonds. The molecule has 0 atom stereocenters. The summed E-state index contributed by atoms with van der Waals surface area (Å²) in [5.41, 5.74) is -0.158. The average molecular weight is 382 g/mol. The van der Waals surface area contributed by atoms with E-state index in [1.165, 1.54) is 29.2 Å². The molecule has 1 N–H and O–H groups in total. The molecule has 0 aromatic heterocycles. The molecule has 0 aliphatic rings. The smallest absolute Gasteiger partial charge is 0.262 e. The van der Waals surface area contributed by atoms with Crippen molar-refractivity contribution in [2.24, 2.45) is 0 Å². The van der Waals surface area contributed by atoms with Gasteiger partial charge in [-0.3, -0.25) is 9.52 Å². The van der Waals surface area contributed by atoms with Gasteiger partial charge in [-0.2, -0.15) is 0 Å². The molecular formula is C18H20F2N2O3S. The third-order valence-electron chi connectivity index (χ3n) is 3.76. The van der Waals surface area contributed by atoms with E-state index < -0.39 is 21.7 Å². The Hall–Kier alpha value is -2.48. The molecule has 2 aromatic rings.